The van der Waals surface area contributed by atoms with Gasteiger partial charge in [-0.25, -0.2) is 0 Å². The molecule has 0 aliphatic heterocycles. The molecule has 0 saturated carbocycles. The molecule has 0 radical (unpaired) electrons. The maximum absolute atomic E-state index is 5.15. The molecule has 0 spiro atoms. The Bertz CT molecular complexity index is 680. The fourth-order valence-electron chi connectivity index (χ4n) is 1.84. The van der Waals surface area contributed by atoms with Gasteiger partial charge in [0.1, 0.15) is 0 Å². The van der Waals surface area contributed by atoms with Crippen LogP contribution in [0.2, 0.25) is 0 Å². The molecular weight excluding hydrogens is 350 g/mol. The van der Waals surface area contributed by atoms with Gasteiger partial charge in [-0.3, -0.25) is 0 Å². The van der Waals surface area contributed by atoms with Crippen molar-refractivity contribution in [2.45, 2.75) is 0 Å². The first kappa shape index (κ1) is 12.5. The Morgan fingerprint density at radius 1 is 1.00 bits per heavy atom. The molecule has 0 atom stereocenters. The summed E-state index contributed by atoms with van der Waals surface area (Å²) in [6, 6.07) is 16.5. The van der Waals surface area contributed by atoms with Crippen molar-refractivity contribution in [3.8, 4) is 5.75 Å². The van der Waals surface area contributed by atoms with Gasteiger partial charge in [0.2, 0.25) is 0 Å². The number of nitrogens with zero attached hydrogens (tertiary/aromatic N) is 1. The quantitative estimate of drug-likeness (QED) is 0.665. The third-order valence-corrected chi connectivity index (χ3v) is 5.70. The van der Waals surface area contributed by atoms with Crippen LogP contribution in [-0.2, 0) is 0 Å². The van der Waals surface area contributed by atoms with E-state index in [1.165, 1.54) is 12.7 Å². The van der Waals surface area contributed by atoms with Crippen molar-refractivity contribution in [3.05, 3.63) is 57.8 Å². The van der Waals surface area contributed by atoms with Crippen LogP contribution in [-0.4, -0.2) is 32.5 Å². The first-order valence-electron chi connectivity index (χ1n) is 6.03. The van der Waals surface area contributed by atoms with Crippen molar-refractivity contribution >= 4 is 41.5 Å². The van der Waals surface area contributed by atoms with Crippen LogP contribution in [0.4, 0.5) is 0 Å². The Labute approximate surface area is 122 Å². The van der Waals surface area contributed by atoms with Gasteiger partial charge in [0, 0.05) is 0 Å². The molecule has 1 aromatic heterocycles. The molecule has 0 bridgehead atoms. The molecule has 0 aliphatic carbocycles. The van der Waals surface area contributed by atoms with Crippen LogP contribution in [0.3, 0.4) is 0 Å². The van der Waals surface area contributed by atoms with Crippen LogP contribution < -0.4 is 4.74 Å². The van der Waals surface area contributed by atoms with Gasteiger partial charge in [-0.15, -0.1) is 0 Å². The Morgan fingerprint density at radius 2 is 1.79 bits per heavy atom. The van der Waals surface area contributed by atoms with Crippen LogP contribution in [0.1, 0.15) is 9.27 Å². The van der Waals surface area contributed by atoms with E-state index in [-0.39, 0.29) is 20.4 Å². The van der Waals surface area contributed by atoms with Crippen LogP contribution in [0.15, 0.2) is 48.5 Å². The molecule has 3 heteroatoms. The molecule has 94 valence electrons. The van der Waals surface area contributed by atoms with Crippen molar-refractivity contribution in [2.75, 3.05) is 7.11 Å². The van der Waals surface area contributed by atoms with E-state index in [4.69, 9.17) is 4.74 Å². The van der Waals surface area contributed by atoms with Crippen LogP contribution in [0.5, 0.6) is 5.75 Å². The molecule has 0 fully saturated rings. The van der Waals surface area contributed by atoms with E-state index in [1.807, 2.05) is 18.2 Å². The number of para-hydroxylation sites is 1. The number of ether oxygens (including phenoxy) is 1. The average Bonchev–Trinajstić information content (AvgIpc) is 2.88. The molecule has 19 heavy (non-hydrogen) atoms. The van der Waals surface area contributed by atoms with E-state index in [1.54, 1.807) is 7.11 Å². The molecule has 0 unspecified atom stereocenters. The predicted octanol–water partition coefficient (Wildman–Crippen LogP) is 3.47. The van der Waals surface area contributed by atoms with E-state index in [9.17, 15) is 0 Å². The van der Waals surface area contributed by atoms with E-state index in [0.29, 0.717) is 0 Å². The zero-order chi connectivity index (χ0) is 13.1. The third-order valence-electron chi connectivity index (χ3n) is 2.84. The first-order chi connectivity index (χ1) is 9.35. The second-order valence-corrected chi connectivity index (χ2v) is 7.16. The molecule has 3 rings (SSSR count). The van der Waals surface area contributed by atoms with Crippen molar-refractivity contribution < 1.29 is 4.74 Å². The summed E-state index contributed by atoms with van der Waals surface area (Å²) in [7, 11) is 1.68. The summed E-state index contributed by atoms with van der Waals surface area (Å²) in [6.45, 7) is 0. The third kappa shape index (κ3) is 2.89. The van der Waals surface area contributed by atoms with Gasteiger partial charge in [-0.1, -0.05) is 0 Å². The average molecular weight is 363 g/mol. The number of fused-ring (bicyclic) bond motifs is 1. The minimum absolute atomic E-state index is 0.301. The first-order valence-corrected chi connectivity index (χ1v) is 8.36. The van der Waals surface area contributed by atoms with E-state index < -0.39 is 0 Å². The van der Waals surface area contributed by atoms with E-state index in [0.717, 1.165) is 11.3 Å². The number of methoxy groups -OCH3 is 1. The summed E-state index contributed by atoms with van der Waals surface area (Å²) in [5.41, 5.74) is 2.33. The van der Waals surface area contributed by atoms with Gasteiger partial charge >= 0.3 is 122 Å². The molecule has 0 aliphatic rings. The monoisotopic (exact) mass is 365 g/mol. The zero-order valence-corrected chi connectivity index (χ0v) is 12.9. The number of benzene rings is 2. The van der Waals surface area contributed by atoms with Gasteiger partial charge in [-0.2, -0.15) is 0 Å². The predicted molar refractivity (Wildman–Crippen MR) is 80.6 cm³/mol. The summed E-state index contributed by atoms with van der Waals surface area (Å²) >= 11 is -0.301. The fraction of sp³-hybridized carbons (Fsp3) is 0.0625. The van der Waals surface area contributed by atoms with E-state index in [2.05, 4.69) is 47.5 Å². The van der Waals surface area contributed by atoms with Gasteiger partial charge in [0.05, 0.1) is 0 Å². The Balaban J connectivity index is 1.84. The van der Waals surface area contributed by atoms with Crippen molar-refractivity contribution in [1.29, 1.82) is 0 Å². The molecule has 1 heterocycles. The normalized spacial score (nSPS) is 11.2. The van der Waals surface area contributed by atoms with Gasteiger partial charge in [0.25, 0.3) is 0 Å². The summed E-state index contributed by atoms with van der Waals surface area (Å²) in [5, 5.41) is 0. The van der Waals surface area contributed by atoms with Crippen LogP contribution >= 0.6 is 0 Å². The second kappa shape index (κ2) is 5.61. The molecule has 0 saturated heterocycles. The molecule has 3 aromatic rings. The Morgan fingerprint density at radius 3 is 2.53 bits per heavy atom. The minimum atomic E-state index is -0.301. The number of aromatic nitrogens is 1. The Kier molecular flexibility index (Phi) is 3.68. The van der Waals surface area contributed by atoms with Crippen LogP contribution in [0, 0.1) is 0 Å². The maximum atomic E-state index is 5.15. The Hall–Kier alpha value is -1.56. The van der Waals surface area contributed by atoms with E-state index >= 15 is 0 Å². The van der Waals surface area contributed by atoms with Gasteiger partial charge in [-0.05, 0) is 0 Å². The zero-order valence-electron chi connectivity index (χ0n) is 10.5. The SMILES string of the molecule is COc1ccc(/C=C/c2nc3ccccc3[te]2)cc1. The summed E-state index contributed by atoms with van der Waals surface area (Å²) in [4.78, 5) is 4.66. The van der Waals surface area contributed by atoms with Crippen molar-refractivity contribution in [2.24, 2.45) is 0 Å². The molecule has 0 N–H and O–H groups in total. The van der Waals surface area contributed by atoms with Crippen molar-refractivity contribution in [3.63, 3.8) is 0 Å². The topological polar surface area (TPSA) is 22.1 Å². The summed E-state index contributed by atoms with van der Waals surface area (Å²) in [5.74, 6) is 0.886. The van der Waals surface area contributed by atoms with Gasteiger partial charge < -0.3 is 0 Å². The number of hydrogen-bond acceptors (Lipinski definition) is 2. The molecular formula is C16H13NOTe. The van der Waals surface area contributed by atoms with Crippen LogP contribution in [0.25, 0.3) is 21.1 Å². The summed E-state index contributed by atoms with van der Waals surface area (Å²) < 4.78 is 7.82. The fourth-order valence-corrected chi connectivity index (χ4v) is 4.33. The van der Waals surface area contributed by atoms with Gasteiger partial charge in [0.15, 0.2) is 0 Å². The van der Waals surface area contributed by atoms with Crippen molar-refractivity contribution in [1.82, 2.24) is 4.98 Å². The summed E-state index contributed by atoms with van der Waals surface area (Å²) in [6.07, 6.45) is 4.26. The standard InChI is InChI=1S/C16H13NOTe/c1-18-13-9-6-12(7-10-13)8-11-16-17-14-4-2-3-5-15(14)19-16/h2-11H,1H3/b11-8+. The molecule has 2 aromatic carbocycles. The molecule has 0 amide bonds. The number of rotatable bonds is 3. The number of hydrogen-bond donors (Lipinski definition) is 0. The second-order valence-electron chi connectivity index (χ2n) is 4.13. The molecule has 2 nitrogen and oxygen atoms in total.